The van der Waals surface area contributed by atoms with Crippen molar-refractivity contribution in [1.82, 2.24) is 0 Å². The molecule has 0 bridgehead atoms. The van der Waals surface area contributed by atoms with Gasteiger partial charge in [-0.1, -0.05) is 20.8 Å². The van der Waals surface area contributed by atoms with Crippen LogP contribution in [0.2, 0.25) is 0 Å². The molecule has 1 aliphatic carbocycles. The Labute approximate surface area is 125 Å². The number of anilines is 2. The molecule has 1 aliphatic heterocycles. The molecule has 2 aliphatic rings. The number of thiophene rings is 1. The minimum atomic E-state index is 0.195. The fraction of sp³-hybridized carbons (Fsp3) is 0.688. The number of hydrogen-bond acceptors (Lipinski definition) is 4. The summed E-state index contributed by atoms with van der Waals surface area (Å²) in [6.07, 6.45) is 3.00. The third-order valence-corrected chi connectivity index (χ3v) is 6.12. The Kier molecular flexibility index (Phi) is 3.53. The van der Waals surface area contributed by atoms with Gasteiger partial charge in [0.05, 0.1) is 15.6 Å². The number of Topliss-reactive ketones (excluding diaryl/α,β-unsaturated/α-hetero) is 1. The second-order valence-electron chi connectivity index (χ2n) is 6.47. The van der Waals surface area contributed by atoms with Gasteiger partial charge in [-0.2, -0.15) is 0 Å². The number of carbonyl (C=O) groups excluding carboxylic acids is 1. The summed E-state index contributed by atoms with van der Waals surface area (Å²) in [5, 5.41) is 1.29. The molecule has 3 rings (SSSR count). The van der Waals surface area contributed by atoms with E-state index in [9.17, 15) is 4.79 Å². The molecule has 2 atom stereocenters. The molecule has 2 N–H and O–H groups in total. The highest BCUT2D eigenvalue weighted by atomic mass is 32.1. The average Bonchev–Trinajstić information content (AvgIpc) is 3.12. The van der Waals surface area contributed by atoms with Crippen LogP contribution < -0.4 is 10.6 Å². The lowest BCUT2D eigenvalue weighted by Gasteiger charge is -2.18. The van der Waals surface area contributed by atoms with E-state index in [-0.39, 0.29) is 5.78 Å². The molecule has 0 amide bonds. The molecule has 2 heterocycles. The Balaban J connectivity index is 1.99. The zero-order chi connectivity index (χ0) is 14.4. The molecule has 0 spiro atoms. The van der Waals surface area contributed by atoms with Crippen LogP contribution in [-0.2, 0) is 0 Å². The lowest BCUT2D eigenvalue weighted by atomic mass is 10.0. The third-order valence-electron chi connectivity index (χ3n) is 4.80. The Bertz CT molecular complexity index is 523. The highest BCUT2D eigenvalue weighted by Crippen LogP contribution is 2.53. The summed E-state index contributed by atoms with van der Waals surface area (Å²) < 4.78 is 0. The topological polar surface area (TPSA) is 46.3 Å². The van der Waals surface area contributed by atoms with E-state index < -0.39 is 0 Å². The maximum Gasteiger partial charge on any atom is 0.174 e. The van der Waals surface area contributed by atoms with Gasteiger partial charge in [-0.05, 0) is 30.6 Å². The fourth-order valence-corrected chi connectivity index (χ4v) is 4.44. The Hall–Kier alpha value is -1.03. The molecule has 1 saturated carbocycles. The first-order valence-corrected chi connectivity index (χ1v) is 8.54. The number of rotatable bonds is 4. The number of nitrogen functional groups attached to an aromatic ring is 1. The van der Waals surface area contributed by atoms with Crippen molar-refractivity contribution in [3.8, 4) is 0 Å². The molecule has 4 heteroatoms. The van der Waals surface area contributed by atoms with E-state index >= 15 is 0 Å². The molecule has 1 aromatic heterocycles. The summed E-state index contributed by atoms with van der Waals surface area (Å²) in [5.41, 5.74) is 8.39. The van der Waals surface area contributed by atoms with Gasteiger partial charge in [-0.15, -0.1) is 11.3 Å². The molecule has 0 aromatic carbocycles. The maximum atomic E-state index is 12.1. The lowest BCUT2D eigenvalue weighted by Crippen LogP contribution is -2.19. The number of hydrogen-bond donors (Lipinski definition) is 1. The molecule has 1 saturated heterocycles. The Morgan fingerprint density at radius 3 is 2.40 bits per heavy atom. The van der Waals surface area contributed by atoms with Crippen molar-refractivity contribution < 1.29 is 4.79 Å². The van der Waals surface area contributed by atoms with Crippen molar-refractivity contribution in [1.29, 1.82) is 0 Å². The summed E-state index contributed by atoms with van der Waals surface area (Å²) in [6.45, 7) is 8.74. The van der Waals surface area contributed by atoms with Gasteiger partial charge in [0.2, 0.25) is 0 Å². The van der Waals surface area contributed by atoms with Crippen molar-refractivity contribution in [3.63, 3.8) is 0 Å². The average molecular weight is 292 g/mol. The van der Waals surface area contributed by atoms with E-state index in [1.807, 2.05) is 6.92 Å². The normalized spacial score (nSPS) is 26.2. The zero-order valence-corrected chi connectivity index (χ0v) is 13.4. The van der Waals surface area contributed by atoms with Gasteiger partial charge >= 0.3 is 0 Å². The molecule has 110 valence electrons. The Morgan fingerprint density at radius 2 is 1.90 bits per heavy atom. The predicted molar refractivity (Wildman–Crippen MR) is 85.9 cm³/mol. The number of nitrogens with two attached hydrogens (primary N) is 1. The van der Waals surface area contributed by atoms with E-state index in [0.717, 1.165) is 35.5 Å². The second-order valence-corrected chi connectivity index (χ2v) is 7.47. The standard InChI is InChI=1S/C16H24N2OS/c1-4-12(19)15-14(17)13(11-5-6-11)16(20-15)18-7-9(2)10(3)8-18/h9-11H,4-8,17H2,1-3H3. The van der Waals surface area contributed by atoms with E-state index in [4.69, 9.17) is 5.73 Å². The van der Waals surface area contributed by atoms with E-state index in [1.165, 1.54) is 23.4 Å². The third kappa shape index (κ3) is 2.24. The summed E-state index contributed by atoms with van der Waals surface area (Å²) >= 11 is 1.64. The van der Waals surface area contributed by atoms with Gasteiger partial charge in [-0.25, -0.2) is 0 Å². The number of ketones is 1. The molecule has 0 radical (unpaired) electrons. The highest BCUT2D eigenvalue weighted by Gasteiger charge is 2.36. The SMILES string of the molecule is CCC(=O)c1sc(N2CC(C)C(C)C2)c(C2CC2)c1N. The van der Waals surface area contributed by atoms with Crippen LogP contribution in [0.4, 0.5) is 10.7 Å². The first kappa shape index (κ1) is 13.9. The minimum Gasteiger partial charge on any atom is -0.397 e. The van der Waals surface area contributed by atoms with Crippen molar-refractivity contribution in [2.45, 2.75) is 46.0 Å². The molecular formula is C16H24N2OS. The van der Waals surface area contributed by atoms with Crippen LogP contribution >= 0.6 is 11.3 Å². The first-order valence-electron chi connectivity index (χ1n) is 7.73. The molecule has 20 heavy (non-hydrogen) atoms. The van der Waals surface area contributed by atoms with Gasteiger partial charge < -0.3 is 10.6 Å². The van der Waals surface area contributed by atoms with Gasteiger partial charge in [0.1, 0.15) is 0 Å². The van der Waals surface area contributed by atoms with Crippen LogP contribution in [0, 0.1) is 11.8 Å². The van der Waals surface area contributed by atoms with Crippen LogP contribution in [0.1, 0.15) is 61.2 Å². The molecule has 2 fully saturated rings. The van der Waals surface area contributed by atoms with Crippen molar-refractivity contribution in [3.05, 3.63) is 10.4 Å². The highest BCUT2D eigenvalue weighted by molar-refractivity contribution is 7.19. The lowest BCUT2D eigenvalue weighted by molar-refractivity contribution is 0.0993. The van der Waals surface area contributed by atoms with Gasteiger partial charge in [-0.3, -0.25) is 4.79 Å². The summed E-state index contributed by atoms with van der Waals surface area (Å²) in [5.74, 6) is 2.23. The zero-order valence-electron chi connectivity index (χ0n) is 12.6. The first-order chi connectivity index (χ1) is 9.52. The molecule has 1 aromatic rings. The molecule has 2 unspecified atom stereocenters. The second kappa shape index (κ2) is 5.06. The molecule has 3 nitrogen and oxygen atoms in total. The van der Waals surface area contributed by atoms with Crippen molar-refractivity contribution >= 4 is 27.8 Å². The molecular weight excluding hydrogens is 268 g/mol. The van der Waals surface area contributed by atoms with E-state index in [2.05, 4.69) is 18.7 Å². The van der Waals surface area contributed by atoms with E-state index in [0.29, 0.717) is 12.3 Å². The van der Waals surface area contributed by atoms with Crippen LogP contribution in [-0.4, -0.2) is 18.9 Å². The van der Waals surface area contributed by atoms with Crippen LogP contribution in [0.3, 0.4) is 0 Å². The predicted octanol–water partition coefficient (Wildman–Crippen LogP) is 3.89. The largest absolute Gasteiger partial charge is 0.397 e. The van der Waals surface area contributed by atoms with Crippen LogP contribution in [0.5, 0.6) is 0 Å². The van der Waals surface area contributed by atoms with Crippen molar-refractivity contribution in [2.24, 2.45) is 11.8 Å². The maximum absolute atomic E-state index is 12.1. The van der Waals surface area contributed by atoms with Gasteiger partial charge in [0.15, 0.2) is 5.78 Å². The summed E-state index contributed by atoms with van der Waals surface area (Å²) in [7, 11) is 0. The fourth-order valence-electron chi connectivity index (χ4n) is 3.11. The number of carbonyl (C=O) groups is 1. The minimum absolute atomic E-state index is 0.195. The van der Waals surface area contributed by atoms with Crippen LogP contribution in [0.15, 0.2) is 0 Å². The smallest absolute Gasteiger partial charge is 0.174 e. The monoisotopic (exact) mass is 292 g/mol. The van der Waals surface area contributed by atoms with Gasteiger partial charge in [0.25, 0.3) is 0 Å². The Morgan fingerprint density at radius 1 is 1.30 bits per heavy atom. The number of nitrogens with zero attached hydrogens (tertiary/aromatic N) is 1. The van der Waals surface area contributed by atoms with Gasteiger partial charge in [0, 0.05) is 25.1 Å². The quantitative estimate of drug-likeness (QED) is 0.856. The van der Waals surface area contributed by atoms with Crippen molar-refractivity contribution in [2.75, 3.05) is 23.7 Å². The van der Waals surface area contributed by atoms with Crippen LogP contribution in [0.25, 0.3) is 0 Å². The van der Waals surface area contributed by atoms with E-state index in [1.54, 1.807) is 11.3 Å². The summed E-state index contributed by atoms with van der Waals surface area (Å²) in [4.78, 5) is 15.4. The summed E-state index contributed by atoms with van der Waals surface area (Å²) in [6, 6.07) is 0.